The predicted molar refractivity (Wildman–Crippen MR) is 125 cm³/mol. The number of aromatic nitrogens is 3. The van der Waals surface area contributed by atoms with Crippen LogP contribution in [0.1, 0.15) is 12.8 Å². The van der Waals surface area contributed by atoms with Gasteiger partial charge < -0.3 is 21.3 Å². The van der Waals surface area contributed by atoms with Gasteiger partial charge in [0.2, 0.25) is 5.91 Å². The highest BCUT2D eigenvalue weighted by Gasteiger charge is 2.10. The predicted octanol–water partition coefficient (Wildman–Crippen LogP) is 3.60. The standard InChI is InChI=1S/C22H25ClFN7O/c1-25-7-2-8-26-9-6-22(32)30-21-13-16(5-10-27-21)29-17-12-20(31-28-14-17)18-11-15(23)3-4-19(18)24/h3-5,10-14,25-26H,2,6-9H2,1H3,(H2,27,29,30,31,32). The van der Waals surface area contributed by atoms with Crippen LogP contribution in [0.25, 0.3) is 11.3 Å². The average Bonchev–Trinajstić information content (AvgIpc) is 2.78. The first-order valence-electron chi connectivity index (χ1n) is 10.2. The number of rotatable bonds is 11. The van der Waals surface area contributed by atoms with Crippen LogP contribution in [-0.4, -0.2) is 47.8 Å². The van der Waals surface area contributed by atoms with Crippen molar-refractivity contribution >= 4 is 34.7 Å². The Kier molecular flexibility index (Phi) is 8.85. The van der Waals surface area contributed by atoms with Crippen LogP contribution in [0.4, 0.5) is 21.6 Å². The second-order valence-electron chi connectivity index (χ2n) is 7.01. The van der Waals surface area contributed by atoms with E-state index in [1.807, 2.05) is 7.05 Å². The van der Waals surface area contributed by atoms with E-state index < -0.39 is 5.82 Å². The van der Waals surface area contributed by atoms with Gasteiger partial charge in [-0.2, -0.15) is 10.2 Å². The molecule has 0 aliphatic rings. The molecule has 4 N–H and O–H groups in total. The summed E-state index contributed by atoms with van der Waals surface area (Å²) in [6.45, 7) is 2.39. The lowest BCUT2D eigenvalue weighted by molar-refractivity contribution is -0.116. The van der Waals surface area contributed by atoms with Crippen LogP contribution in [-0.2, 0) is 4.79 Å². The van der Waals surface area contributed by atoms with Crippen molar-refractivity contribution < 1.29 is 9.18 Å². The minimum absolute atomic E-state index is 0.125. The molecular weight excluding hydrogens is 433 g/mol. The number of nitrogens with one attached hydrogen (secondary N) is 4. The summed E-state index contributed by atoms with van der Waals surface area (Å²) in [4.78, 5) is 16.3. The van der Waals surface area contributed by atoms with Crippen LogP contribution < -0.4 is 21.3 Å². The van der Waals surface area contributed by atoms with Crippen LogP contribution in [0.2, 0.25) is 5.02 Å². The van der Waals surface area contributed by atoms with Crippen molar-refractivity contribution in [1.29, 1.82) is 0 Å². The molecule has 0 saturated heterocycles. The van der Waals surface area contributed by atoms with Crippen LogP contribution >= 0.6 is 11.6 Å². The highest BCUT2D eigenvalue weighted by atomic mass is 35.5. The zero-order valence-electron chi connectivity index (χ0n) is 17.7. The molecule has 0 aliphatic heterocycles. The molecule has 3 rings (SSSR count). The highest BCUT2D eigenvalue weighted by molar-refractivity contribution is 6.30. The van der Waals surface area contributed by atoms with E-state index in [4.69, 9.17) is 11.6 Å². The Labute approximate surface area is 191 Å². The minimum Gasteiger partial charge on any atom is -0.354 e. The average molecular weight is 458 g/mol. The summed E-state index contributed by atoms with van der Waals surface area (Å²) in [7, 11) is 1.91. The molecule has 0 spiro atoms. The van der Waals surface area contributed by atoms with Crippen LogP contribution in [0.15, 0.2) is 48.8 Å². The maximum absolute atomic E-state index is 14.2. The Morgan fingerprint density at radius 1 is 1.09 bits per heavy atom. The van der Waals surface area contributed by atoms with Gasteiger partial charge in [0.25, 0.3) is 0 Å². The van der Waals surface area contributed by atoms with Crippen LogP contribution in [0.5, 0.6) is 0 Å². The SMILES string of the molecule is CNCCCNCCC(=O)Nc1cc(Nc2cnnc(-c3cc(Cl)ccc3F)c2)ccn1. The van der Waals surface area contributed by atoms with E-state index in [9.17, 15) is 9.18 Å². The van der Waals surface area contributed by atoms with Gasteiger partial charge in [0, 0.05) is 41.5 Å². The molecule has 0 fully saturated rings. The summed E-state index contributed by atoms with van der Waals surface area (Å²) in [5, 5.41) is 20.6. The van der Waals surface area contributed by atoms with Crippen molar-refractivity contribution in [3.05, 3.63) is 59.6 Å². The second kappa shape index (κ2) is 12.0. The summed E-state index contributed by atoms with van der Waals surface area (Å²) in [5.74, 6) is -0.135. The highest BCUT2D eigenvalue weighted by Crippen LogP contribution is 2.27. The molecule has 1 aromatic carbocycles. The van der Waals surface area contributed by atoms with Gasteiger partial charge in [-0.05, 0) is 56.9 Å². The Morgan fingerprint density at radius 3 is 2.81 bits per heavy atom. The second-order valence-corrected chi connectivity index (χ2v) is 7.45. The van der Waals surface area contributed by atoms with Gasteiger partial charge >= 0.3 is 0 Å². The number of hydrogen-bond acceptors (Lipinski definition) is 7. The van der Waals surface area contributed by atoms with Gasteiger partial charge in [0.15, 0.2) is 0 Å². The Bertz CT molecular complexity index is 1050. The molecule has 0 bridgehead atoms. The summed E-state index contributed by atoms with van der Waals surface area (Å²) in [6.07, 6.45) is 4.45. The normalized spacial score (nSPS) is 10.7. The zero-order chi connectivity index (χ0) is 22.8. The van der Waals surface area contributed by atoms with E-state index in [0.29, 0.717) is 40.9 Å². The number of carbonyl (C=O) groups excluding carboxylic acids is 1. The quantitative estimate of drug-likeness (QED) is 0.326. The lowest BCUT2D eigenvalue weighted by Crippen LogP contribution is -2.24. The van der Waals surface area contributed by atoms with E-state index in [2.05, 4.69) is 36.4 Å². The number of halogens is 2. The number of pyridine rings is 1. The van der Waals surface area contributed by atoms with Gasteiger partial charge in [-0.25, -0.2) is 9.37 Å². The Balaban J connectivity index is 1.59. The zero-order valence-corrected chi connectivity index (χ0v) is 18.4. The molecule has 3 aromatic rings. The summed E-state index contributed by atoms with van der Waals surface area (Å²) in [5.41, 5.74) is 1.89. The summed E-state index contributed by atoms with van der Waals surface area (Å²) >= 11 is 5.98. The first-order chi connectivity index (χ1) is 15.5. The fourth-order valence-electron chi connectivity index (χ4n) is 2.93. The Hall–Kier alpha value is -3.14. The van der Waals surface area contributed by atoms with Gasteiger partial charge in [-0.15, -0.1) is 0 Å². The first-order valence-corrected chi connectivity index (χ1v) is 10.6. The first kappa shape index (κ1) is 23.5. The monoisotopic (exact) mass is 457 g/mol. The topological polar surface area (TPSA) is 104 Å². The van der Waals surface area contributed by atoms with E-state index in [1.54, 1.807) is 24.4 Å². The number of nitrogens with zero attached hydrogens (tertiary/aromatic N) is 3. The molecule has 2 aromatic heterocycles. The molecule has 0 aliphatic carbocycles. The van der Waals surface area contributed by atoms with Crippen LogP contribution in [0.3, 0.4) is 0 Å². The molecule has 0 radical (unpaired) electrons. The van der Waals surface area contributed by atoms with Crippen LogP contribution in [0, 0.1) is 5.82 Å². The number of hydrogen-bond donors (Lipinski definition) is 4. The molecule has 32 heavy (non-hydrogen) atoms. The van der Waals surface area contributed by atoms with E-state index >= 15 is 0 Å². The smallest absolute Gasteiger partial charge is 0.226 e. The molecule has 10 heteroatoms. The third kappa shape index (κ3) is 7.23. The third-order valence-electron chi connectivity index (χ3n) is 4.48. The number of benzene rings is 1. The molecule has 8 nitrogen and oxygen atoms in total. The van der Waals surface area contributed by atoms with Crippen molar-refractivity contribution in [3.8, 4) is 11.3 Å². The fourth-order valence-corrected chi connectivity index (χ4v) is 3.10. The lowest BCUT2D eigenvalue weighted by atomic mass is 10.1. The van der Waals surface area contributed by atoms with E-state index in [-0.39, 0.29) is 11.5 Å². The van der Waals surface area contributed by atoms with Crippen molar-refractivity contribution in [1.82, 2.24) is 25.8 Å². The van der Waals surface area contributed by atoms with Crippen molar-refractivity contribution in [2.45, 2.75) is 12.8 Å². The van der Waals surface area contributed by atoms with Crippen molar-refractivity contribution in [3.63, 3.8) is 0 Å². The van der Waals surface area contributed by atoms with Gasteiger partial charge in [-0.3, -0.25) is 4.79 Å². The van der Waals surface area contributed by atoms with Gasteiger partial charge in [0.1, 0.15) is 11.6 Å². The third-order valence-corrected chi connectivity index (χ3v) is 4.72. The maximum Gasteiger partial charge on any atom is 0.226 e. The van der Waals surface area contributed by atoms with Crippen molar-refractivity contribution in [2.24, 2.45) is 0 Å². The van der Waals surface area contributed by atoms with Gasteiger partial charge in [0.05, 0.1) is 17.6 Å². The molecule has 168 valence electrons. The number of amides is 1. The fraction of sp³-hybridized carbons (Fsp3) is 0.273. The van der Waals surface area contributed by atoms with E-state index in [1.165, 1.54) is 24.4 Å². The number of anilines is 3. The summed E-state index contributed by atoms with van der Waals surface area (Å²) in [6, 6.07) is 9.38. The maximum atomic E-state index is 14.2. The van der Waals surface area contributed by atoms with E-state index in [0.717, 1.165) is 19.5 Å². The summed E-state index contributed by atoms with van der Waals surface area (Å²) < 4.78 is 14.2. The van der Waals surface area contributed by atoms with Crippen molar-refractivity contribution in [2.75, 3.05) is 37.3 Å². The molecule has 0 saturated carbocycles. The molecule has 0 unspecified atom stereocenters. The largest absolute Gasteiger partial charge is 0.354 e. The Morgan fingerprint density at radius 2 is 1.97 bits per heavy atom. The minimum atomic E-state index is -0.439. The lowest BCUT2D eigenvalue weighted by Gasteiger charge is -2.10. The molecular formula is C22H25ClFN7O. The number of carbonyl (C=O) groups is 1. The molecule has 0 atom stereocenters. The molecule has 2 heterocycles. The molecule has 1 amide bonds. The van der Waals surface area contributed by atoms with Gasteiger partial charge in [-0.1, -0.05) is 11.6 Å².